The Morgan fingerprint density at radius 1 is 1.30 bits per heavy atom. The van der Waals surface area contributed by atoms with E-state index in [0.29, 0.717) is 13.0 Å². The Morgan fingerprint density at radius 3 is 2.59 bits per heavy atom. The quantitative estimate of drug-likeness (QED) is 0.534. The first-order valence-electron chi connectivity index (χ1n) is 9.34. The molecule has 1 fully saturated rings. The summed E-state index contributed by atoms with van der Waals surface area (Å²) in [6.45, 7) is 5.88. The zero-order valence-electron chi connectivity index (χ0n) is 16.4. The van der Waals surface area contributed by atoms with Gasteiger partial charge in [0.1, 0.15) is 0 Å². The lowest BCUT2D eigenvalue weighted by molar-refractivity contribution is -0.121. The first kappa shape index (κ1) is 21.2. The normalized spacial score (nSPS) is 18.9. The molecule has 2 N–H and O–H groups in total. The molecule has 0 bridgehead atoms. The molecular weight excluding hydrogens is 364 g/mol. The van der Waals surface area contributed by atoms with Crippen LogP contribution in [0.5, 0.6) is 0 Å². The number of carbonyl (C=O) groups is 1. The minimum Gasteiger partial charge on any atom is -0.357 e. The van der Waals surface area contributed by atoms with Crippen LogP contribution in [0.25, 0.3) is 0 Å². The minimum absolute atomic E-state index is 0.0456. The number of aryl methyl sites for hydroxylation is 1. The topological polar surface area (TPSA) is 90.9 Å². The molecule has 0 spiro atoms. The third-order valence-electron chi connectivity index (χ3n) is 4.43. The molecule has 27 heavy (non-hydrogen) atoms. The van der Waals surface area contributed by atoms with Crippen molar-refractivity contribution in [2.45, 2.75) is 39.3 Å². The summed E-state index contributed by atoms with van der Waals surface area (Å²) in [4.78, 5) is 18.6. The largest absolute Gasteiger partial charge is 0.357 e. The van der Waals surface area contributed by atoms with Crippen molar-refractivity contribution in [3.05, 3.63) is 35.4 Å². The summed E-state index contributed by atoms with van der Waals surface area (Å²) in [6, 6.07) is 8.10. The molecule has 1 unspecified atom stereocenters. The van der Waals surface area contributed by atoms with Crippen LogP contribution in [0, 0.1) is 6.92 Å². The lowest BCUT2D eigenvalue weighted by Crippen LogP contribution is -2.39. The van der Waals surface area contributed by atoms with Crippen LogP contribution in [0.15, 0.2) is 29.3 Å². The Kier molecular flexibility index (Phi) is 7.65. The standard InChI is InChI=1S/C19H30N4O3S/c1-4-20-19(23(3)13-16-7-5-15(2)6-8-16)21-11-9-18(24)22-17-10-12-27(25,26)14-17/h5-8,17H,4,9-14H2,1-3H3,(H,20,21)(H,22,24). The average molecular weight is 395 g/mol. The highest BCUT2D eigenvalue weighted by Crippen LogP contribution is 2.11. The van der Waals surface area contributed by atoms with Gasteiger partial charge in [-0.3, -0.25) is 9.79 Å². The van der Waals surface area contributed by atoms with E-state index in [1.54, 1.807) is 0 Å². The van der Waals surface area contributed by atoms with Gasteiger partial charge < -0.3 is 15.5 Å². The van der Waals surface area contributed by atoms with Crippen molar-refractivity contribution in [1.82, 2.24) is 15.5 Å². The fourth-order valence-corrected chi connectivity index (χ4v) is 4.66. The summed E-state index contributed by atoms with van der Waals surface area (Å²) in [7, 11) is -1.02. The molecule has 1 aliphatic heterocycles. The number of guanidine groups is 1. The molecule has 1 amide bonds. The molecule has 0 saturated carbocycles. The van der Waals surface area contributed by atoms with Crippen LogP contribution in [0.2, 0.25) is 0 Å². The van der Waals surface area contributed by atoms with Crippen molar-refractivity contribution in [1.29, 1.82) is 0 Å². The third kappa shape index (κ3) is 7.21. The number of aliphatic imine (C=N–C) groups is 1. The zero-order chi connectivity index (χ0) is 19.9. The van der Waals surface area contributed by atoms with Crippen molar-refractivity contribution in [3.63, 3.8) is 0 Å². The molecule has 150 valence electrons. The number of benzene rings is 1. The molecule has 0 radical (unpaired) electrons. The second kappa shape index (κ2) is 9.73. The van der Waals surface area contributed by atoms with Gasteiger partial charge in [0.05, 0.1) is 18.1 Å². The first-order chi connectivity index (χ1) is 12.8. The Bertz CT molecular complexity index is 760. The van der Waals surface area contributed by atoms with Gasteiger partial charge in [0.15, 0.2) is 15.8 Å². The number of nitrogens with one attached hydrogen (secondary N) is 2. The monoisotopic (exact) mass is 394 g/mol. The van der Waals surface area contributed by atoms with Crippen LogP contribution in [0.1, 0.15) is 30.9 Å². The molecule has 0 aliphatic carbocycles. The summed E-state index contributed by atoms with van der Waals surface area (Å²) < 4.78 is 22.9. The second-order valence-electron chi connectivity index (χ2n) is 6.99. The van der Waals surface area contributed by atoms with Crippen LogP contribution >= 0.6 is 0 Å². The maximum Gasteiger partial charge on any atom is 0.222 e. The second-order valence-corrected chi connectivity index (χ2v) is 9.22. The average Bonchev–Trinajstić information content (AvgIpc) is 2.94. The van der Waals surface area contributed by atoms with Crippen LogP contribution in [-0.2, 0) is 21.2 Å². The Hall–Kier alpha value is -2.09. The molecule has 1 aromatic rings. The molecule has 1 atom stereocenters. The van der Waals surface area contributed by atoms with E-state index >= 15 is 0 Å². The predicted octanol–water partition coefficient (Wildman–Crippen LogP) is 1.09. The number of hydrogen-bond acceptors (Lipinski definition) is 4. The number of nitrogens with zero attached hydrogens (tertiary/aromatic N) is 2. The molecule has 2 rings (SSSR count). The predicted molar refractivity (Wildman–Crippen MR) is 108 cm³/mol. The van der Waals surface area contributed by atoms with Gasteiger partial charge >= 0.3 is 0 Å². The Morgan fingerprint density at radius 2 is 2.00 bits per heavy atom. The molecule has 1 aliphatic rings. The van der Waals surface area contributed by atoms with Crippen molar-refractivity contribution in [2.24, 2.45) is 4.99 Å². The lowest BCUT2D eigenvalue weighted by Gasteiger charge is -2.22. The number of rotatable bonds is 7. The maximum absolute atomic E-state index is 12.0. The summed E-state index contributed by atoms with van der Waals surface area (Å²) in [5.74, 6) is 0.793. The van der Waals surface area contributed by atoms with Gasteiger partial charge in [-0.2, -0.15) is 0 Å². The van der Waals surface area contributed by atoms with E-state index in [9.17, 15) is 13.2 Å². The highest BCUT2D eigenvalue weighted by atomic mass is 32.2. The van der Waals surface area contributed by atoms with Gasteiger partial charge in [-0.1, -0.05) is 29.8 Å². The molecule has 7 nitrogen and oxygen atoms in total. The van der Waals surface area contributed by atoms with E-state index in [2.05, 4.69) is 46.8 Å². The van der Waals surface area contributed by atoms with E-state index < -0.39 is 9.84 Å². The molecule has 8 heteroatoms. The van der Waals surface area contributed by atoms with E-state index in [1.807, 2.05) is 18.9 Å². The summed E-state index contributed by atoms with van der Waals surface area (Å²) in [5.41, 5.74) is 2.41. The van der Waals surface area contributed by atoms with Crippen molar-refractivity contribution < 1.29 is 13.2 Å². The Labute approximate surface area is 162 Å². The first-order valence-corrected chi connectivity index (χ1v) is 11.2. The highest BCUT2D eigenvalue weighted by Gasteiger charge is 2.28. The van der Waals surface area contributed by atoms with E-state index in [1.165, 1.54) is 11.1 Å². The summed E-state index contributed by atoms with van der Waals surface area (Å²) in [6.07, 6.45) is 0.739. The van der Waals surface area contributed by atoms with Crippen molar-refractivity contribution in [3.8, 4) is 0 Å². The SMILES string of the molecule is CCNC(=NCCC(=O)NC1CCS(=O)(=O)C1)N(C)Cc1ccc(C)cc1. The smallest absolute Gasteiger partial charge is 0.222 e. The maximum atomic E-state index is 12.0. The Balaban J connectivity index is 1.84. The van der Waals surface area contributed by atoms with Gasteiger partial charge in [-0.05, 0) is 25.8 Å². The van der Waals surface area contributed by atoms with Crippen LogP contribution in [0.3, 0.4) is 0 Å². The van der Waals surface area contributed by atoms with E-state index in [0.717, 1.165) is 19.0 Å². The van der Waals surface area contributed by atoms with E-state index in [4.69, 9.17) is 0 Å². The van der Waals surface area contributed by atoms with Crippen LogP contribution in [-0.4, -0.2) is 62.9 Å². The van der Waals surface area contributed by atoms with E-state index in [-0.39, 0.29) is 29.9 Å². The fourth-order valence-electron chi connectivity index (χ4n) is 2.98. The molecule has 1 saturated heterocycles. The van der Waals surface area contributed by atoms with Crippen molar-refractivity contribution in [2.75, 3.05) is 31.6 Å². The fraction of sp³-hybridized carbons (Fsp3) is 0.579. The van der Waals surface area contributed by atoms with Crippen LogP contribution in [0.4, 0.5) is 0 Å². The number of amides is 1. The van der Waals surface area contributed by atoms with Gasteiger partial charge in [0.25, 0.3) is 0 Å². The molecule has 0 aromatic heterocycles. The third-order valence-corrected chi connectivity index (χ3v) is 6.20. The van der Waals surface area contributed by atoms with Crippen LogP contribution < -0.4 is 10.6 Å². The number of sulfone groups is 1. The van der Waals surface area contributed by atoms with Gasteiger partial charge in [0.2, 0.25) is 5.91 Å². The number of carbonyl (C=O) groups excluding carboxylic acids is 1. The zero-order valence-corrected chi connectivity index (χ0v) is 17.2. The molecule has 1 aromatic carbocycles. The lowest BCUT2D eigenvalue weighted by atomic mass is 10.1. The molecule has 1 heterocycles. The summed E-state index contributed by atoms with van der Waals surface area (Å²) >= 11 is 0. The number of hydrogen-bond donors (Lipinski definition) is 2. The van der Waals surface area contributed by atoms with Gasteiger partial charge in [0, 0.05) is 32.6 Å². The van der Waals surface area contributed by atoms with Gasteiger partial charge in [-0.25, -0.2) is 8.42 Å². The molecular formula is C19H30N4O3S. The summed E-state index contributed by atoms with van der Waals surface area (Å²) in [5, 5.41) is 6.03. The highest BCUT2D eigenvalue weighted by molar-refractivity contribution is 7.91. The minimum atomic E-state index is -2.99. The van der Waals surface area contributed by atoms with Gasteiger partial charge in [-0.15, -0.1) is 0 Å². The van der Waals surface area contributed by atoms with Crippen molar-refractivity contribution >= 4 is 21.7 Å².